The number of esters is 2. The van der Waals surface area contributed by atoms with Gasteiger partial charge in [-0.2, -0.15) is 0 Å². The maximum Gasteiger partial charge on any atom is 0.472 e. The molecule has 0 amide bonds. The van der Waals surface area contributed by atoms with E-state index in [2.05, 4.69) is 67.7 Å². The van der Waals surface area contributed by atoms with Crippen LogP contribution in [0.15, 0.2) is 72.9 Å². The Hall–Kier alpha value is -3.16. The molecule has 2 aliphatic rings. The average Bonchev–Trinajstić information content (AvgIpc) is 3.31. The van der Waals surface area contributed by atoms with E-state index in [0.717, 1.165) is 57.8 Å². The molecule has 2 rings (SSSR count). The highest BCUT2D eigenvalue weighted by Gasteiger charge is 2.49. The van der Waals surface area contributed by atoms with Crippen molar-refractivity contribution in [2.75, 3.05) is 13.2 Å². The molecule has 0 aromatic heterocycles. The first-order valence-corrected chi connectivity index (χ1v) is 26.4. The fourth-order valence-corrected chi connectivity index (χ4v) is 8.87. The number of carbonyl (C=O) groups is 3. The molecular weight excluding hydrogens is 916 g/mol. The number of aliphatic hydroxyl groups excluding tert-OH is 8. The van der Waals surface area contributed by atoms with Gasteiger partial charge in [0.2, 0.25) is 0 Å². The highest BCUT2D eigenvalue weighted by Crippen LogP contribution is 2.47. The minimum atomic E-state index is -5.51. The minimum absolute atomic E-state index is 0.0388. The number of fused-ring (bicyclic) bond motifs is 4. The molecule has 0 radical (unpaired) electrons. The van der Waals surface area contributed by atoms with Crippen molar-refractivity contribution in [1.82, 2.24) is 0 Å². The van der Waals surface area contributed by atoms with Crippen LogP contribution in [0.1, 0.15) is 142 Å². The van der Waals surface area contributed by atoms with Crippen LogP contribution in [0.3, 0.4) is 0 Å². The second kappa shape index (κ2) is 35.9. The minimum Gasteiger partial charge on any atom is -0.462 e. The largest absolute Gasteiger partial charge is 0.472 e. The third kappa shape index (κ3) is 26.2. The first kappa shape index (κ1) is 62.0. The molecule has 18 heteroatoms. The van der Waals surface area contributed by atoms with Crippen LogP contribution in [-0.2, 0) is 37.5 Å². The van der Waals surface area contributed by atoms with E-state index in [9.17, 15) is 64.7 Å². The summed E-state index contributed by atoms with van der Waals surface area (Å²) in [6.45, 7) is 2.57. The van der Waals surface area contributed by atoms with Crippen LogP contribution >= 0.6 is 7.82 Å². The molecule has 1 aliphatic heterocycles. The third-order valence-electron chi connectivity index (χ3n) is 12.0. The number of ether oxygens (including phenoxy) is 2. The van der Waals surface area contributed by atoms with E-state index in [0.29, 0.717) is 25.7 Å². The zero-order valence-corrected chi connectivity index (χ0v) is 41.5. The fraction of sp³-hybridized carbons (Fsp3) is 0.706. The summed E-state index contributed by atoms with van der Waals surface area (Å²) in [4.78, 5) is 49.7. The monoisotopic (exact) mass is 999 g/mol. The molecule has 2 fully saturated rings. The lowest BCUT2D eigenvalue weighted by atomic mass is 9.82. The van der Waals surface area contributed by atoms with Gasteiger partial charge in [0.05, 0.1) is 37.1 Å². The van der Waals surface area contributed by atoms with E-state index in [-0.39, 0.29) is 32.1 Å². The summed E-state index contributed by atoms with van der Waals surface area (Å²) < 4.78 is 34.6. The van der Waals surface area contributed by atoms with E-state index in [1.807, 2.05) is 6.92 Å². The van der Waals surface area contributed by atoms with Crippen molar-refractivity contribution in [1.29, 1.82) is 0 Å². The molecule has 394 valence electrons. The van der Waals surface area contributed by atoms with Crippen LogP contribution in [0, 0.1) is 11.8 Å². The predicted molar refractivity (Wildman–Crippen MR) is 260 cm³/mol. The maximum absolute atomic E-state index is 13.6. The average molecular weight is 999 g/mol. The Morgan fingerprint density at radius 2 is 1.33 bits per heavy atom. The van der Waals surface area contributed by atoms with Crippen LogP contribution in [0.2, 0.25) is 0 Å². The van der Waals surface area contributed by atoms with Gasteiger partial charge in [-0.25, -0.2) is 4.57 Å². The number of phosphoric acid groups is 1. The molecule has 9 N–H and O–H groups in total. The number of carbonyl (C=O) groups excluding carboxylic acids is 3. The Kier molecular flexibility index (Phi) is 32.2. The van der Waals surface area contributed by atoms with Gasteiger partial charge in [-0.05, 0) is 70.6 Å². The summed E-state index contributed by atoms with van der Waals surface area (Å²) in [6.07, 6.45) is 12.3. The van der Waals surface area contributed by atoms with Gasteiger partial charge in [0.25, 0.3) is 0 Å². The molecule has 13 atom stereocenters. The summed E-state index contributed by atoms with van der Waals surface area (Å²) in [5.41, 5.74) is 0. The van der Waals surface area contributed by atoms with Crippen LogP contribution in [0.5, 0.6) is 0 Å². The molecule has 0 aromatic rings. The Morgan fingerprint density at radius 3 is 1.97 bits per heavy atom. The van der Waals surface area contributed by atoms with Crippen molar-refractivity contribution >= 4 is 25.5 Å². The van der Waals surface area contributed by atoms with Crippen molar-refractivity contribution in [2.24, 2.45) is 11.8 Å². The molecule has 1 unspecified atom stereocenters. The number of aliphatic hydroxyl groups is 8. The number of rotatable bonds is 22. The Labute approximate surface area is 408 Å². The van der Waals surface area contributed by atoms with Gasteiger partial charge >= 0.3 is 19.8 Å². The smallest absolute Gasteiger partial charge is 0.462 e. The van der Waals surface area contributed by atoms with Crippen molar-refractivity contribution in [3.05, 3.63) is 72.9 Å². The number of hydrogen-bond donors (Lipinski definition) is 9. The Balaban J connectivity index is 2.17. The van der Waals surface area contributed by atoms with Crippen LogP contribution in [0.4, 0.5) is 0 Å². The fourth-order valence-electron chi connectivity index (χ4n) is 7.90. The van der Waals surface area contributed by atoms with Crippen molar-refractivity contribution in [2.45, 2.75) is 203 Å². The Bertz CT molecular complexity index is 1680. The normalized spacial score (nSPS) is 31.7. The molecule has 1 aliphatic carbocycles. The van der Waals surface area contributed by atoms with Crippen LogP contribution < -0.4 is 0 Å². The molecule has 1 saturated carbocycles. The highest BCUT2D eigenvalue weighted by atomic mass is 31.2. The van der Waals surface area contributed by atoms with Gasteiger partial charge in [0, 0.05) is 43.9 Å². The molecule has 1 heterocycles. The van der Waals surface area contributed by atoms with Gasteiger partial charge in [0.1, 0.15) is 36.8 Å². The highest BCUT2D eigenvalue weighted by molar-refractivity contribution is 7.47. The predicted octanol–water partition coefficient (Wildman–Crippen LogP) is 5.84. The zero-order chi connectivity index (χ0) is 51.0. The molecule has 0 aromatic carbocycles. The topological polar surface area (TPSA) is 287 Å². The summed E-state index contributed by atoms with van der Waals surface area (Å²) in [7, 11) is -5.51. The van der Waals surface area contributed by atoms with Gasteiger partial charge in [0.15, 0.2) is 6.10 Å². The molecule has 69 heavy (non-hydrogen) atoms. The molecule has 0 spiro atoms. The van der Waals surface area contributed by atoms with Crippen molar-refractivity contribution in [3.63, 3.8) is 0 Å². The number of Topliss-reactive ketones (excluding diaryl/α,β-unsaturated/α-hetero) is 1. The molecule has 17 nitrogen and oxygen atoms in total. The number of unbranched alkanes of at least 4 members (excludes halogenated alkanes) is 5. The zero-order valence-electron chi connectivity index (χ0n) is 40.7. The maximum atomic E-state index is 13.6. The van der Waals surface area contributed by atoms with Gasteiger partial charge < -0.3 is 55.2 Å². The standard InChI is InChI=1S/C51H83O17P/c1-3-5-7-8-9-10-11-12-13-14-15-16-17-18-19-20-21-22-24-30-45(57)67-39-35-65-44(56)29-26-25-28-38(53)33-41-43(55)34-42(54)40(32-31-37(52)27-23-6-4-2)46(58)49(61)51(50(62)48(60)47(41)59)68-69(63,64)66-36-39/h5,7,9-10,12-13,15-16,18-19,31-32,37,39-43,46-52,54-55,58-62H,3-4,6,8,11,14,17,20-30,33-36H2,1-2H3,(H,63,64)/b7-5-,10-9-,13-12-,16-15-,19-18-,32-31+/t37-,39+,40-,41-,42+,43-,46+,47+,48-,49+,50+,51+/m0/s1. The van der Waals surface area contributed by atoms with Gasteiger partial charge in [-0.15, -0.1) is 0 Å². The summed E-state index contributed by atoms with van der Waals surface area (Å²) in [5, 5.41) is 90.2. The van der Waals surface area contributed by atoms with Gasteiger partial charge in [-0.3, -0.25) is 23.4 Å². The SMILES string of the molecule is CC/C=C\C/C=C\C/C=C\C/C=C\C/C=C\CCCCCC(=O)O[C@@H]1COC(=O)CCCCC(=O)C[C@@H]2[C@@H](O)[C@H](O)[C@@H](O)[C@H](OP(=O)(O)OC1)[C@H](O)[C@H](O)[C@@H](/C=C/[C@@H](O)CCCCC)[C@H](O)C[C@@H]2O. The Morgan fingerprint density at radius 1 is 0.725 bits per heavy atom. The van der Waals surface area contributed by atoms with Crippen LogP contribution in [-0.4, -0.2) is 138 Å². The summed E-state index contributed by atoms with van der Waals surface area (Å²) >= 11 is 0. The number of allylic oxidation sites excluding steroid dienone is 10. The quantitative estimate of drug-likeness (QED) is 0.0267. The second-order valence-corrected chi connectivity index (χ2v) is 19.3. The third-order valence-corrected chi connectivity index (χ3v) is 13.0. The van der Waals surface area contributed by atoms with E-state index in [1.54, 1.807) is 0 Å². The van der Waals surface area contributed by atoms with E-state index in [1.165, 1.54) is 12.2 Å². The van der Waals surface area contributed by atoms with Crippen LogP contribution in [0.25, 0.3) is 0 Å². The lowest BCUT2D eigenvalue weighted by molar-refractivity contribution is -0.168. The lowest BCUT2D eigenvalue weighted by Gasteiger charge is -2.37. The summed E-state index contributed by atoms with van der Waals surface area (Å²) in [5.74, 6) is -5.09. The summed E-state index contributed by atoms with van der Waals surface area (Å²) in [6, 6.07) is 0. The van der Waals surface area contributed by atoms with E-state index >= 15 is 0 Å². The van der Waals surface area contributed by atoms with Crippen molar-refractivity contribution in [3.8, 4) is 0 Å². The van der Waals surface area contributed by atoms with E-state index < -0.39 is 124 Å². The number of ketones is 1. The van der Waals surface area contributed by atoms with E-state index in [4.69, 9.17) is 18.5 Å². The number of cyclic esters (lactones) is 1. The molecular formula is C51H83O17P. The number of phosphoric ester groups is 1. The molecule has 1 saturated heterocycles. The molecule has 2 bridgehead atoms. The first-order chi connectivity index (χ1) is 33.0. The second-order valence-electron chi connectivity index (χ2n) is 17.9. The lowest BCUT2D eigenvalue weighted by Crippen LogP contribution is -2.56. The van der Waals surface area contributed by atoms with Crippen molar-refractivity contribution < 1.29 is 83.2 Å². The number of hydrogen-bond acceptors (Lipinski definition) is 16. The van der Waals surface area contributed by atoms with Gasteiger partial charge in [-0.1, -0.05) is 112 Å². The first-order valence-electron chi connectivity index (χ1n) is 24.9.